The molecule has 0 fully saturated rings. The Balaban J connectivity index is 2.73. The minimum Gasteiger partial charge on any atom is -0.397 e. The molecule has 0 aliphatic heterocycles. The van der Waals surface area contributed by atoms with E-state index in [-0.39, 0.29) is 0 Å². The number of halogens is 2. The maximum absolute atomic E-state index is 12.2. The predicted octanol–water partition coefficient (Wildman–Crippen LogP) is 2.04. The summed E-state index contributed by atoms with van der Waals surface area (Å²) in [6.07, 6.45) is -2.41. The fourth-order valence-corrected chi connectivity index (χ4v) is 0.948. The van der Waals surface area contributed by atoms with Crippen LogP contribution in [-0.4, -0.2) is 17.5 Å². The lowest BCUT2D eigenvalue weighted by molar-refractivity contribution is 0.130. The topological polar surface area (TPSA) is 50.9 Å². The number of aromatic nitrogens is 1. The summed E-state index contributed by atoms with van der Waals surface area (Å²) in [4.78, 5) is 4.03. The van der Waals surface area contributed by atoms with Crippen molar-refractivity contribution < 1.29 is 8.78 Å². The number of nitrogens with two attached hydrogens (primary N) is 1. The highest BCUT2D eigenvalue weighted by Crippen LogP contribution is 2.14. The van der Waals surface area contributed by atoms with Gasteiger partial charge in [0.25, 0.3) is 6.43 Å². The van der Waals surface area contributed by atoms with Crippen molar-refractivity contribution in [3.8, 4) is 0 Å². The smallest absolute Gasteiger partial charge is 0.258 e. The first-order valence-corrected chi connectivity index (χ1v) is 4.28. The quantitative estimate of drug-likeness (QED) is 0.786. The number of anilines is 2. The maximum atomic E-state index is 12.2. The monoisotopic (exact) mass is 201 g/mol. The average molecular weight is 201 g/mol. The Morgan fingerprint density at radius 1 is 1.43 bits per heavy atom. The van der Waals surface area contributed by atoms with Gasteiger partial charge in [-0.25, -0.2) is 13.8 Å². The lowest BCUT2D eigenvalue weighted by Gasteiger charge is -2.13. The predicted molar refractivity (Wildman–Crippen MR) is 52.5 cm³/mol. The van der Waals surface area contributed by atoms with E-state index in [4.69, 9.17) is 5.73 Å². The second kappa shape index (κ2) is 4.21. The van der Waals surface area contributed by atoms with E-state index in [2.05, 4.69) is 10.3 Å². The van der Waals surface area contributed by atoms with Gasteiger partial charge in [-0.1, -0.05) is 0 Å². The zero-order chi connectivity index (χ0) is 10.7. The molecule has 1 rings (SSSR count). The lowest BCUT2D eigenvalue weighted by Crippen LogP contribution is -2.24. The summed E-state index contributed by atoms with van der Waals surface area (Å²) in [5.74, 6) is 0.421. The summed E-state index contributed by atoms with van der Waals surface area (Å²) in [6, 6.07) is 2.31. The Morgan fingerprint density at radius 3 is 2.57 bits per heavy atom. The van der Waals surface area contributed by atoms with Gasteiger partial charge in [-0.15, -0.1) is 0 Å². The van der Waals surface area contributed by atoms with Crippen LogP contribution >= 0.6 is 0 Å². The van der Waals surface area contributed by atoms with Gasteiger partial charge in [0.15, 0.2) is 0 Å². The molecule has 0 aliphatic carbocycles. The zero-order valence-electron chi connectivity index (χ0n) is 8.09. The van der Waals surface area contributed by atoms with Crippen LogP contribution in [0.15, 0.2) is 12.1 Å². The van der Waals surface area contributed by atoms with Gasteiger partial charge >= 0.3 is 0 Å². The van der Waals surface area contributed by atoms with Gasteiger partial charge in [0.2, 0.25) is 0 Å². The van der Waals surface area contributed by atoms with E-state index in [1.165, 1.54) is 6.92 Å². The van der Waals surface area contributed by atoms with Crippen LogP contribution in [0.5, 0.6) is 0 Å². The van der Waals surface area contributed by atoms with Crippen LogP contribution in [0.25, 0.3) is 0 Å². The first kappa shape index (κ1) is 10.7. The summed E-state index contributed by atoms with van der Waals surface area (Å²) in [7, 11) is 0. The lowest BCUT2D eigenvalue weighted by atomic mass is 10.3. The van der Waals surface area contributed by atoms with Gasteiger partial charge in [-0.3, -0.25) is 0 Å². The molecule has 3 nitrogen and oxygen atoms in total. The molecule has 1 aromatic heterocycles. The minimum absolute atomic E-state index is 0.421. The molecular formula is C9H13F2N3. The SMILES string of the molecule is Cc1nc(NC(C)C(F)F)ccc1N. The molecule has 0 saturated heterocycles. The molecule has 1 aromatic rings. The van der Waals surface area contributed by atoms with E-state index in [9.17, 15) is 8.78 Å². The molecule has 14 heavy (non-hydrogen) atoms. The molecule has 1 atom stereocenters. The van der Waals surface area contributed by atoms with Crippen LogP contribution in [0.4, 0.5) is 20.3 Å². The van der Waals surface area contributed by atoms with Crippen LogP contribution in [-0.2, 0) is 0 Å². The minimum atomic E-state index is -2.41. The van der Waals surface area contributed by atoms with Crippen molar-refractivity contribution in [3.63, 3.8) is 0 Å². The second-order valence-corrected chi connectivity index (χ2v) is 3.14. The molecule has 0 spiro atoms. The highest BCUT2D eigenvalue weighted by molar-refractivity contribution is 5.49. The number of nitrogens with one attached hydrogen (secondary N) is 1. The second-order valence-electron chi connectivity index (χ2n) is 3.14. The molecular weight excluding hydrogens is 188 g/mol. The average Bonchev–Trinajstić information content (AvgIpc) is 2.11. The van der Waals surface area contributed by atoms with Crippen LogP contribution in [0, 0.1) is 6.92 Å². The van der Waals surface area contributed by atoms with Crippen LogP contribution in [0.3, 0.4) is 0 Å². The summed E-state index contributed by atoms with van der Waals surface area (Å²) in [5, 5.41) is 2.59. The Bertz CT molecular complexity index is 315. The number of nitrogen functional groups attached to an aromatic ring is 1. The number of pyridine rings is 1. The Kier molecular flexibility index (Phi) is 3.22. The zero-order valence-corrected chi connectivity index (χ0v) is 8.09. The third-order valence-corrected chi connectivity index (χ3v) is 1.88. The molecule has 0 amide bonds. The molecule has 78 valence electrons. The first-order chi connectivity index (χ1) is 6.50. The van der Waals surface area contributed by atoms with Crippen molar-refractivity contribution in [3.05, 3.63) is 17.8 Å². The highest BCUT2D eigenvalue weighted by atomic mass is 19.3. The normalized spacial score (nSPS) is 12.9. The Hall–Kier alpha value is -1.39. The van der Waals surface area contributed by atoms with E-state index in [0.717, 1.165) is 0 Å². The standard InChI is InChI=1S/C9H13F2N3/c1-5-7(12)3-4-8(13-5)14-6(2)9(10)11/h3-4,6,9H,12H2,1-2H3,(H,13,14). The van der Waals surface area contributed by atoms with Gasteiger partial charge in [0, 0.05) is 0 Å². The van der Waals surface area contributed by atoms with E-state index >= 15 is 0 Å². The van der Waals surface area contributed by atoms with Gasteiger partial charge in [-0.05, 0) is 26.0 Å². The van der Waals surface area contributed by atoms with Crippen molar-refractivity contribution in [2.45, 2.75) is 26.3 Å². The molecule has 0 aromatic carbocycles. The van der Waals surface area contributed by atoms with Crippen molar-refractivity contribution in [2.75, 3.05) is 11.1 Å². The van der Waals surface area contributed by atoms with Gasteiger partial charge in [-0.2, -0.15) is 0 Å². The summed E-state index contributed by atoms with van der Waals surface area (Å²) in [5.41, 5.74) is 6.73. The number of alkyl halides is 2. The van der Waals surface area contributed by atoms with Crippen molar-refractivity contribution in [2.24, 2.45) is 0 Å². The molecule has 0 saturated carbocycles. The molecule has 0 bridgehead atoms. The molecule has 1 heterocycles. The Labute approximate surface area is 81.3 Å². The summed E-state index contributed by atoms with van der Waals surface area (Å²) >= 11 is 0. The molecule has 3 N–H and O–H groups in total. The first-order valence-electron chi connectivity index (χ1n) is 4.28. The van der Waals surface area contributed by atoms with E-state index in [0.29, 0.717) is 17.2 Å². The van der Waals surface area contributed by atoms with Gasteiger partial charge in [0.05, 0.1) is 17.4 Å². The fourth-order valence-electron chi connectivity index (χ4n) is 0.948. The number of aryl methyl sites for hydroxylation is 1. The van der Waals surface area contributed by atoms with E-state index in [1.54, 1.807) is 19.1 Å². The third kappa shape index (κ3) is 2.55. The van der Waals surface area contributed by atoms with E-state index in [1.807, 2.05) is 0 Å². The summed E-state index contributed by atoms with van der Waals surface area (Å²) < 4.78 is 24.4. The van der Waals surface area contributed by atoms with Crippen molar-refractivity contribution in [1.29, 1.82) is 0 Å². The Morgan fingerprint density at radius 2 is 2.07 bits per heavy atom. The maximum Gasteiger partial charge on any atom is 0.258 e. The molecule has 0 radical (unpaired) electrons. The van der Waals surface area contributed by atoms with Crippen LogP contribution < -0.4 is 11.1 Å². The number of hydrogen-bond acceptors (Lipinski definition) is 3. The van der Waals surface area contributed by atoms with Crippen molar-refractivity contribution in [1.82, 2.24) is 4.98 Å². The van der Waals surface area contributed by atoms with E-state index < -0.39 is 12.5 Å². The highest BCUT2D eigenvalue weighted by Gasteiger charge is 2.14. The summed E-state index contributed by atoms with van der Waals surface area (Å²) in [6.45, 7) is 3.13. The van der Waals surface area contributed by atoms with Crippen LogP contribution in [0.2, 0.25) is 0 Å². The third-order valence-electron chi connectivity index (χ3n) is 1.88. The molecule has 0 aliphatic rings. The molecule has 1 unspecified atom stereocenters. The van der Waals surface area contributed by atoms with Crippen LogP contribution in [0.1, 0.15) is 12.6 Å². The number of nitrogens with zero attached hydrogens (tertiary/aromatic N) is 1. The number of rotatable bonds is 3. The van der Waals surface area contributed by atoms with Crippen molar-refractivity contribution >= 4 is 11.5 Å². The van der Waals surface area contributed by atoms with Gasteiger partial charge < -0.3 is 11.1 Å². The fraction of sp³-hybridized carbons (Fsp3) is 0.444. The largest absolute Gasteiger partial charge is 0.397 e. The number of hydrogen-bond donors (Lipinski definition) is 2. The van der Waals surface area contributed by atoms with Gasteiger partial charge in [0.1, 0.15) is 5.82 Å². The molecule has 5 heteroatoms.